The Morgan fingerprint density at radius 2 is 2.29 bits per heavy atom. The van der Waals surface area contributed by atoms with Crippen LogP contribution in [0.2, 0.25) is 0 Å². The Labute approximate surface area is 93.1 Å². The quantitative estimate of drug-likeness (QED) is 0.504. The maximum absolute atomic E-state index is 11.3. The van der Waals surface area contributed by atoms with E-state index >= 15 is 0 Å². The number of nitrogens with one attached hydrogen (secondary N) is 3. The lowest BCUT2D eigenvalue weighted by Gasteiger charge is -2.01. The average Bonchev–Trinajstić information content (AvgIpc) is 2.97. The molecular weight excluding hydrogens is 226 g/mol. The topological polar surface area (TPSA) is 130 Å². The summed E-state index contributed by atoms with van der Waals surface area (Å²) >= 11 is 0. The first-order valence-corrected chi connectivity index (χ1v) is 4.73. The van der Waals surface area contributed by atoms with Gasteiger partial charge in [-0.1, -0.05) is 5.21 Å². The number of rotatable bonds is 3. The summed E-state index contributed by atoms with van der Waals surface area (Å²) < 4.78 is 1.17. The molecule has 0 saturated carbocycles. The molecule has 3 aromatic heterocycles. The highest BCUT2D eigenvalue weighted by molar-refractivity contribution is 5.42. The van der Waals surface area contributed by atoms with Crippen LogP contribution in [0.3, 0.4) is 0 Å². The van der Waals surface area contributed by atoms with Crippen molar-refractivity contribution in [1.82, 2.24) is 40.4 Å². The van der Waals surface area contributed by atoms with Crippen LogP contribution in [0.15, 0.2) is 16.9 Å². The molecule has 0 fully saturated rings. The number of hydrogen-bond acceptors (Lipinski definition) is 7. The Morgan fingerprint density at radius 3 is 3.12 bits per heavy atom. The Bertz CT molecular complexity index is 681. The number of aromatic amines is 2. The van der Waals surface area contributed by atoms with E-state index in [0.29, 0.717) is 23.8 Å². The Balaban J connectivity index is 1.85. The zero-order valence-electron chi connectivity index (χ0n) is 8.45. The minimum Gasteiger partial charge on any atom is -0.361 e. The van der Waals surface area contributed by atoms with E-state index in [0.717, 1.165) is 0 Å². The molecule has 10 heteroatoms. The molecule has 0 aliphatic carbocycles. The maximum atomic E-state index is 11.3. The van der Waals surface area contributed by atoms with E-state index in [2.05, 4.69) is 41.2 Å². The fourth-order valence-electron chi connectivity index (χ4n) is 1.32. The van der Waals surface area contributed by atoms with Crippen molar-refractivity contribution in [3.05, 3.63) is 28.4 Å². The number of hydrogen-bond donors (Lipinski definition) is 3. The van der Waals surface area contributed by atoms with Crippen molar-refractivity contribution in [3.8, 4) is 0 Å². The van der Waals surface area contributed by atoms with E-state index in [4.69, 9.17) is 0 Å². The summed E-state index contributed by atoms with van der Waals surface area (Å²) in [6, 6.07) is 3.37. The summed E-state index contributed by atoms with van der Waals surface area (Å²) in [4.78, 5) is 11.3. The van der Waals surface area contributed by atoms with Crippen LogP contribution in [0.5, 0.6) is 0 Å². The second-order valence-electron chi connectivity index (χ2n) is 3.20. The molecule has 0 spiro atoms. The average molecular weight is 233 g/mol. The largest absolute Gasteiger partial charge is 0.364 e. The molecule has 86 valence electrons. The number of anilines is 1. The van der Waals surface area contributed by atoms with E-state index in [1.54, 1.807) is 12.1 Å². The summed E-state index contributed by atoms with van der Waals surface area (Å²) in [5.74, 6) is 1.03. The lowest BCUT2D eigenvalue weighted by Crippen LogP contribution is -2.14. The van der Waals surface area contributed by atoms with E-state index in [1.165, 1.54) is 4.52 Å². The monoisotopic (exact) mass is 233 g/mol. The molecule has 0 aromatic carbocycles. The van der Waals surface area contributed by atoms with Gasteiger partial charge < -0.3 is 5.32 Å². The van der Waals surface area contributed by atoms with Crippen LogP contribution in [0, 0.1) is 0 Å². The van der Waals surface area contributed by atoms with Crippen molar-refractivity contribution < 1.29 is 0 Å². The predicted molar refractivity (Wildman–Crippen MR) is 55.1 cm³/mol. The van der Waals surface area contributed by atoms with Gasteiger partial charge in [-0.15, -0.1) is 15.3 Å². The van der Waals surface area contributed by atoms with Crippen LogP contribution in [0.4, 0.5) is 5.82 Å². The number of fused-ring (bicyclic) bond motifs is 1. The standard InChI is InChI=1S/C7H7N9O/c17-7-12-11-6-2-1-4(13-16(6)7)8-3-5-9-14-15-10-5/h1-2H,3H2,(H,8,13)(H,12,17)(H,9,10,14,15). The first-order chi connectivity index (χ1) is 8.33. The van der Waals surface area contributed by atoms with Crippen LogP contribution in [0.25, 0.3) is 5.65 Å². The summed E-state index contributed by atoms with van der Waals surface area (Å²) in [5, 5.41) is 26.4. The number of nitrogens with zero attached hydrogens (tertiary/aromatic N) is 6. The van der Waals surface area contributed by atoms with Crippen molar-refractivity contribution in [3.63, 3.8) is 0 Å². The van der Waals surface area contributed by atoms with Gasteiger partial charge in [-0.25, -0.2) is 9.89 Å². The molecule has 0 atom stereocenters. The molecule has 0 aliphatic rings. The molecule has 0 aliphatic heterocycles. The fourth-order valence-corrected chi connectivity index (χ4v) is 1.32. The number of tetrazole rings is 1. The van der Waals surface area contributed by atoms with Crippen LogP contribution < -0.4 is 11.0 Å². The first kappa shape index (κ1) is 9.45. The van der Waals surface area contributed by atoms with Gasteiger partial charge >= 0.3 is 5.69 Å². The van der Waals surface area contributed by atoms with Crippen molar-refractivity contribution in [2.75, 3.05) is 5.32 Å². The van der Waals surface area contributed by atoms with Crippen LogP contribution in [0.1, 0.15) is 5.82 Å². The zero-order chi connectivity index (χ0) is 11.7. The van der Waals surface area contributed by atoms with Crippen molar-refractivity contribution in [1.29, 1.82) is 0 Å². The van der Waals surface area contributed by atoms with Gasteiger partial charge in [-0.2, -0.15) is 14.8 Å². The summed E-state index contributed by atoms with van der Waals surface area (Å²) in [6.07, 6.45) is 0. The third-order valence-corrected chi connectivity index (χ3v) is 2.09. The molecule has 10 nitrogen and oxygen atoms in total. The van der Waals surface area contributed by atoms with Crippen LogP contribution in [-0.2, 0) is 6.54 Å². The first-order valence-electron chi connectivity index (χ1n) is 4.73. The third-order valence-electron chi connectivity index (χ3n) is 2.09. The Kier molecular flexibility index (Phi) is 2.03. The van der Waals surface area contributed by atoms with Crippen molar-refractivity contribution in [2.24, 2.45) is 0 Å². The minimum absolute atomic E-state index is 0.363. The van der Waals surface area contributed by atoms with Gasteiger partial charge in [-0.3, -0.25) is 0 Å². The van der Waals surface area contributed by atoms with Gasteiger partial charge in [0.2, 0.25) is 0 Å². The van der Waals surface area contributed by atoms with Gasteiger partial charge in [0.15, 0.2) is 11.5 Å². The van der Waals surface area contributed by atoms with Crippen molar-refractivity contribution in [2.45, 2.75) is 6.54 Å². The predicted octanol–water partition coefficient (Wildman–Crippen LogP) is -1.46. The van der Waals surface area contributed by atoms with Gasteiger partial charge in [0, 0.05) is 0 Å². The molecule has 0 saturated heterocycles. The van der Waals surface area contributed by atoms with E-state index in [-0.39, 0.29) is 5.69 Å². The highest BCUT2D eigenvalue weighted by atomic mass is 16.2. The number of aromatic nitrogens is 8. The molecule has 3 aromatic rings. The lowest BCUT2D eigenvalue weighted by atomic mass is 10.5. The molecule has 3 heterocycles. The van der Waals surface area contributed by atoms with Crippen molar-refractivity contribution >= 4 is 11.5 Å². The second kappa shape index (κ2) is 3.66. The Hall–Kier alpha value is -2.78. The van der Waals surface area contributed by atoms with Gasteiger partial charge in [0.25, 0.3) is 0 Å². The summed E-state index contributed by atoms with van der Waals surface area (Å²) in [5.41, 5.74) is 0.0725. The molecule has 3 N–H and O–H groups in total. The second-order valence-corrected chi connectivity index (χ2v) is 3.20. The van der Waals surface area contributed by atoms with Gasteiger partial charge in [0.05, 0.1) is 6.54 Å². The Morgan fingerprint density at radius 1 is 1.35 bits per heavy atom. The van der Waals surface area contributed by atoms with E-state index < -0.39 is 0 Å². The summed E-state index contributed by atoms with van der Waals surface area (Å²) in [7, 11) is 0. The number of H-pyrrole nitrogens is 2. The SMILES string of the molecule is O=c1[nH]nc2ccc(NCc3nn[nH]n3)nn12. The zero-order valence-corrected chi connectivity index (χ0v) is 8.45. The molecule has 0 radical (unpaired) electrons. The highest BCUT2D eigenvalue weighted by Crippen LogP contribution is 2.03. The smallest absolute Gasteiger partial charge is 0.361 e. The van der Waals surface area contributed by atoms with E-state index in [9.17, 15) is 4.79 Å². The fraction of sp³-hybridized carbons (Fsp3) is 0.143. The molecular formula is C7H7N9O. The normalized spacial score (nSPS) is 10.8. The summed E-state index contributed by atoms with van der Waals surface area (Å²) in [6.45, 7) is 0.363. The molecule has 3 rings (SSSR count). The van der Waals surface area contributed by atoms with E-state index in [1.807, 2.05) is 0 Å². The highest BCUT2D eigenvalue weighted by Gasteiger charge is 2.03. The van der Waals surface area contributed by atoms with Gasteiger partial charge in [-0.05, 0) is 12.1 Å². The lowest BCUT2D eigenvalue weighted by molar-refractivity contribution is 0.866. The minimum atomic E-state index is -0.386. The van der Waals surface area contributed by atoms with Crippen LogP contribution >= 0.6 is 0 Å². The third kappa shape index (κ3) is 1.71. The van der Waals surface area contributed by atoms with Gasteiger partial charge in [0.1, 0.15) is 5.82 Å². The molecule has 0 unspecified atom stereocenters. The molecule has 0 bridgehead atoms. The van der Waals surface area contributed by atoms with Crippen LogP contribution in [-0.4, -0.2) is 40.4 Å². The molecule has 17 heavy (non-hydrogen) atoms. The maximum Gasteiger partial charge on any atom is 0.364 e. The molecule has 0 amide bonds.